The summed E-state index contributed by atoms with van der Waals surface area (Å²) in [5, 5.41) is 0. The maximum absolute atomic E-state index is 11.8. The first-order valence-electron chi connectivity index (χ1n) is 7.07. The summed E-state index contributed by atoms with van der Waals surface area (Å²) in [6.45, 7) is 0. The third-order valence-electron chi connectivity index (χ3n) is 3.70. The van der Waals surface area contributed by atoms with Gasteiger partial charge in [-0.1, -0.05) is 30.3 Å². The summed E-state index contributed by atoms with van der Waals surface area (Å²) in [4.78, 5) is 15.9. The average molecular weight is 263 g/mol. The van der Waals surface area contributed by atoms with Crippen LogP contribution in [0.5, 0.6) is 0 Å². The summed E-state index contributed by atoms with van der Waals surface area (Å²) in [5.41, 5.74) is 4.34. The third kappa shape index (κ3) is 2.85. The Labute approximate surface area is 119 Å². The molecule has 0 atom stereocenters. The van der Waals surface area contributed by atoms with Gasteiger partial charge in [0.25, 0.3) is 0 Å². The van der Waals surface area contributed by atoms with E-state index in [2.05, 4.69) is 29.2 Å². The van der Waals surface area contributed by atoms with Gasteiger partial charge in [-0.3, -0.25) is 9.78 Å². The summed E-state index contributed by atoms with van der Waals surface area (Å²) < 4.78 is 0. The van der Waals surface area contributed by atoms with Crippen LogP contribution in [0.4, 0.5) is 0 Å². The van der Waals surface area contributed by atoms with Gasteiger partial charge in [-0.05, 0) is 53.7 Å². The number of nitrogens with zero attached hydrogens (tertiary/aromatic N) is 1. The monoisotopic (exact) mass is 263 g/mol. The molecule has 0 unspecified atom stereocenters. The van der Waals surface area contributed by atoms with Crippen LogP contribution in [0.2, 0.25) is 0 Å². The number of pyridine rings is 1. The fourth-order valence-corrected chi connectivity index (χ4v) is 2.56. The van der Waals surface area contributed by atoms with Crippen molar-refractivity contribution in [3.05, 3.63) is 59.9 Å². The first-order valence-corrected chi connectivity index (χ1v) is 7.07. The molecule has 0 spiro atoms. The average Bonchev–Trinajstić information content (AvgIpc) is 2.51. The first-order chi connectivity index (χ1) is 9.83. The largest absolute Gasteiger partial charge is 0.295 e. The molecule has 3 rings (SSSR count). The molecular formula is C18H17NO. The Morgan fingerprint density at radius 1 is 0.950 bits per heavy atom. The van der Waals surface area contributed by atoms with E-state index < -0.39 is 0 Å². The number of rotatable bonds is 2. The van der Waals surface area contributed by atoms with Crippen LogP contribution in [-0.2, 0) is 4.79 Å². The van der Waals surface area contributed by atoms with Gasteiger partial charge in [0.15, 0.2) is 5.78 Å². The lowest BCUT2D eigenvalue weighted by Gasteiger charge is -2.12. The first kappa shape index (κ1) is 12.8. The number of benzene rings is 1. The highest BCUT2D eigenvalue weighted by atomic mass is 16.1. The second-order valence-corrected chi connectivity index (χ2v) is 5.16. The number of aromatic nitrogens is 1. The molecule has 0 radical (unpaired) electrons. The number of Topliss-reactive ketones (excluding diaryl/α,β-unsaturated/α-hetero) is 1. The number of ketones is 1. The van der Waals surface area contributed by atoms with Gasteiger partial charge in [-0.2, -0.15) is 0 Å². The van der Waals surface area contributed by atoms with Crippen molar-refractivity contribution in [1.82, 2.24) is 4.98 Å². The summed E-state index contributed by atoms with van der Waals surface area (Å²) in [7, 11) is 0. The van der Waals surface area contributed by atoms with Crippen LogP contribution in [0.15, 0.2) is 54.4 Å². The van der Waals surface area contributed by atoms with Crippen molar-refractivity contribution in [1.29, 1.82) is 0 Å². The minimum atomic E-state index is 0.313. The van der Waals surface area contributed by atoms with Crippen molar-refractivity contribution in [3.8, 4) is 11.1 Å². The molecule has 1 saturated carbocycles. The zero-order valence-electron chi connectivity index (χ0n) is 11.4. The molecule has 100 valence electrons. The molecule has 2 nitrogen and oxygen atoms in total. The van der Waals surface area contributed by atoms with E-state index in [0.29, 0.717) is 12.2 Å². The molecule has 0 aliphatic heterocycles. The fraction of sp³-hybridized carbons (Fsp3) is 0.222. The molecule has 0 amide bonds. The van der Waals surface area contributed by atoms with Gasteiger partial charge >= 0.3 is 0 Å². The maximum atomic E-state index is 11.8. The number of hydrogen-bond donors (Lipinski definition) is 0. The van der Waals surface area contributed by atoms with E-state index in [1.807, 2.05) is 24.4 Å². The predicted octanol–water partition coefficient (Wildman–Crippen LogP) is 4.28. The molecule has 0 bridgehead atoms. The fourth-order valence-electron chi connectivity index (χ4n) is 2.56. The Kier molecular flexibility index (Phi) is 3.73. The molecule has 0 saturated heterocycles. The topological polar surface area (TPSA) is 30.0 Å². The summed E-state index contributed by atoms with van der Waals surface area (Å²) in [6, 6.07) is 12.3. The second kappa shape index (κ2) is 5.83. The lowest BCUT2D eigenvalue weighted by Crippen LogP contribution is -2.07. The second-order valence-electron chi connectivity index (χ2n) is 5.16. The van der Waals surface area contributed by atoms with Gasteiger partial charge in [-0.15, -0.1) is 0 Å². The van der Waals surface area contributed by atoms with Crippen LogP contribution in [0, 0.1) is 0 Å². The maximum Gasteiger partial charge on any atom is 0.158 e. The minimum Gasteiger partial charge on any atom is -0.295 e. The van der Waals surface area contributed by atoms with Crippen LogP contribution >= 0.6 is 0 Å². The van der Waals surface area contributed by atoms with Gasteiger partial charge in [0.05, 0.1) is 0 Å². The lowest BCUT2D eigenvalue weighted by molar-refractivity contribution is -0.116. The zero-order valence-corrected chi connectivity index (χ0v) is 11.4. The molecule has 1 aliphatic rings. The highest BCUT2D eigenvalue weighted by molar-refractivity contribution is 6.00. The van der Waals surface area contributed by atoms with Crippen molar-refractivity contribution in [2.75, 3.05) is 0 Å². The molecular weight excluding hydrogens is 246 g/mol. The Bertz CT molecular complexity index is 626. The smallest absolute Gasteiger partial charge is 0.158 e. The van der Waals surface area contributed by atoms with Crippen molar-refractivity contribution in [3.63, 3.8) is 0 Å². The molecule has 2 heteroatoms. The van der Waals surface area contributed by atoms with E-state index in [9.17, 15) is 4.79 Å². The van der Waals surface area contributed by atoms with Crippen molar-refractivity contribution >= 4 is 11.9 Å². The van der Waals surface area contributed by atoms with Crippen LogP contribution in [0.3, 0.4) is 0 Å². The number of hydrogen-bond acceptors (Lipinski definition) is 2. The third-order valence-corrected chi connectivity index (χ3v) is 3.70. The van der Waals surface area contributed by atoms with E-state index in [0.717, 1.165) is 41.5 Å². The Morgan fingerprint density at radius 2 is 1.75 bits per heavy atom. The minimum absolute atomic E-state index is 0.313. The molecule has 1 heterocycles. The van der Waals surface area contributed by atoms with Crippen LogP contribution in [0.25, 0.3) is 17.2 Å². The van der Waals surface area contributed by atoms with Crippen LogP contribution in [0.1, 0.15) is 31.2 Å². The van der Waals surface area contributed by atoms with Gasteiger partial charge in [-0.25, -0.2) is 0 Å². The lowest BCUT2D eigenvalue weighted by atomic mass is 9.92. The predicted molar refractivity (Wildman–Crippen MR) is 81.1 cm³/mol. The Hall–Kier alpha value is -2.22. The van der Waals surface area contributed by atoms with E-state index in [1.165, 1.54) is 0 Å². The molecule has 1 aromatic heterocycles. The summed E-state index contributed by atoms with van der Waals surface area (Å²) in [5.74, 6) is 0.313. The van der Waals surface area contributed by atoms with Crippen molar-refractivity contribution in [2.45, 2.75) is 25.7 Å². The Morgan fingerprint density at radius 3 is 2.45 bits per heavy atom. The van der Waals surface area contributed by atoms with Crippen molar-refractivity contribution < 1.29 is 4.79 Å². The quantitative estimate of drug-likeness (QED) is 0.757. The summed E-state index contributed by atoms with van der Waals surface area (Å²) >= 11 is 0. The number of allylic oxidation sites excluding steroid dienone is 1. The normalized spacial score (nSPS) is 17.4. The SMILES string of the molecule is O=C1CCCCC1=Cc1ccc(-c2cccnc2)cc1. The number of carbonyl (C=O) groups is 1. The van der Waals surface area contributed by atoms with E-state index in [1.54, 1.807) is 6.20 Å². The summed E-state index contributed by atoms with van der Waals surface area (Å²) in [6.07, 6.45) is 9.47. The van der Waals surface area contributed by atoms with Crippen LogP contribution < -0.4 is 0 Å². The van der Waals surface area contributed by atoms with E-state index in [4.69, 9.17) is 0 Å². The molecule has 2 aromatic rings. The van der Waals surface area contributed by atoms with E-state index in [-0.39, 0.29) is 0 Å². The standard InChI is InChI=1S/C18H17NO/c20-18-6-2-1-4-16(18)12-14-7-9-15(10-8-14)17-5-3-11-19-13-17/h3,5,7-13H,1-2,4,6H2. The number of carbonyl (C=O) groups excluding carboxylic acids is 1. The molecule has 0 N–H and O–H groups in total. The molecule has 1 aliphatic carbocycles. The van der Waals surface area contributed by atoms with Gasteiger partial charge in [0, 0.05) is 18.8 Å². The highest BCUT2D eigenvalue weighted by Crippen LogP contribution is 2.24. The van der Waals surface area contributed by atoms with Gasteiger partial charge in [0.2, 0.25) is 0 Å². The van der Waals surface area contributed by atoms with Gasteiger partial charge < -0.3 is 0 Å². The zero-order chi connectivity index (χ0) is 13.8. The van der Waals surface area contributed by atoms with Crippen molar-refractivity contribution in [2.24, 2.45) is 0 Å². The Balaban J connectivity index is 1.83. The molecule has 20 heavy (non-hydrogen) atoms. The molecule has 1 aromatic carbocycles. The molecule has 1 fully saturated rings. The van der Waals surface area contributed by atoms with Gasteiger partial charge in [0.1, 0.15) is 0 Å². The van der Waals surface area contributed by atoms with E-state index >= 15 is 0 Å². The van der Waals surface area contributed by atoms with Crippen LogP contribution in [-0.4, -0.2) is 10.8 Å². The highest BCUT2D eigenvalue weighted by Gasteiger charge is 2.14.